The number of carbonyl (C=O) groups excluding carboxylic acids is 1. The Labute approximate surface area is 113 Å². The second-order valence-corrected chi connectivity index (χ2v) is 4.42. The molecule has 0 bridgehead atoms. The molecule has 17 heavy (non-hydrogen) atoms. The highest BCUT2D eigenvalue weighted by atomic mass is 35.5. The van der Waals surface area contributed by atoms with Crippen LogP contribution >= 0.6 is 11.6 Å². The Morgan fingerprint density at radius 3 is 2.41 bits per heavy atom. The van der Waals surface area contributed by atoms with E-state index in [9.17, 15) is 4.79 Å². The first kappa shape index (κ1) is 16.2. The first-order chi connectivity index (χ1) is 7.58. The zero-order valence-electron chi connectivity index (χ0n) is 10.0. The summed E-state index contributed by atoms with van der Waals surface area (Å²) in [7, 11) is 4.04. The number of halogens is 2. The minimum absolute atomic E-state index is 0. The highest BCUT2D eigenvalue weighted by Gasteiger charge is 2.05. The van der Waals surface area contributed by atoms with Crippen LogP contribution in [0.25, 0.3) is 0 Å². The number of rotatable bonds is 5. The molecule has 1 aromatic rings. The Balaban J connectivity index is 0.00000256. The normalized spacial score (nSPS) is 9.88. The maximum Gasteiger partial charge on any atom is 0.310 e. The molecule has 0 aliphatic rings. The summed E-state index contributed by atoms with van der Waals surface area (Å²) in [5, 5.41) is 0.674. The van der Waals surface area contributed by atoms with E-state index in [0.29, 0.717) is 18.1 Å². The van der Waals surface area contributed by atoms with Crippen LogP contribution in [0, 0.1) is 0 Å². The molecule has 1 aromatic carbocycles. The van der Waals surface area contributed by atoms with Crippen LogP contribution in [-0.2, 0) is 16.0 Å². The summed E-state index contributed by atoms with van der Waals surface area (Å²) >= 11 is 5.75. The molecule has 0 unspecified atom stereocenters. The van der Waals surface area contributed by atoms with Crippen LogP contribution in [0.15, 0.2) is 24.3 Å². The van der Waals surface area contributed by atoms with Gasteiger partial charge >= 0.3 is 5.97 Å². The largest absolute Gasteiger partial charge is 1.00 e. The van der Waals surface area contributed by atoms with Gasteiger partial charge in [-0.05, 0) is 17.7 Å². The highest BCUT2D eigenvalue weighted by molar-refractivity contribution is 6.30. The average Bonchev–Trinajstić information content (AvgIpc) is 2.21. The second kappa shape index (κ2) is 8.34. The lowest BCUT2D eigenvalue weighted by Gasteiger charge is -2.08. The van der Waals surface area contributed by atoms with Crippen molar-refractivity contribution in [1.29, 1.82) is 0 Å². The van der Waals surface area contributed by atoms with Gasteiger partial charge in [0.05, 0.1) is 20.5 Å². The predicted molar refractivity (Wildman–Crippen MR) is 63.8 cm³/mol. The summed E-state index contributed by atoms with van der Waals surface area (Å²) in [6.07, 6.45) is 0.305. The fraction of sp³-hybridized carbons (Fsp3) is 0.417. The van der Waals surface area contributed by atoms with Crippen molar-refractivity contribution >= 4 is 17.6 Å². The summed E-state index contributed by atoms with van der Waals surface area (Å²) in [6, 6.07) is 7.21. The van der Waals surface area contributed by atoms with E-state index in [1.807, 2.05) is 26.2 Å². The topological polar surface area (TPSA) is 30.7 Å². The lowest BCUT2D eigenvalue weighted by molar-refractivity contribution is -0.858. The quantitative estimate of drug-likeness (QED) is 0.608. The maximum atomic E-state index is 11.4. The van der Waals surface area contributed by atoms with Gasteiger partial charge in [-0.3, -0.25) is 4.79 Å². The Morgan fingerprint density at radius 2 is 1.88 bits per heavy atom. The smallest absolute Gasteiger partial charge is 0.310 e. The van der Waals surface area contributed by atoms with Gasteiger partial charge in [0, 0.05) is 5.02 Å². The monoisotopic (exact) mass is 277 g/mol. The molecule has 0 fully saturated rings. The van der Waals surface area contributed by atoms with Crippen molar-refractivity contribution in [2.75, 3.05) is 27.2 Å². The molecule has 0 saturated carbocycles. The number of nitrogens with one attached hydrogen (secondary N) is 1. The van der Waals surface area contributed by atoms with E-state index in [2.05, 4.69) is 0 Å². The molecular weight excluding hydrogens is 261 g/mol. The van der Waals surface area contributed by atoms with E-state index in [0.717, 1.165) is 12.1 Å². The van der Waals surface area contributed by atoms with Crippen molar-refractivity contribution in [2.24, 2.45) is 0 Å². The highest BCUT2D eigenvalue weighted by Crippen LogP contribution is 2.10. The van der Waals surface area contributed by atoms with Crippen LogP contribution in [-0.4, -0.2) is 33.2 Å². The second-order valence-electron chi connectivity index (χ2n) is 3.98. The van der Waals surface area contributed by atoms with Crippen molar-refractivity contribution in [3.05, 3.63) is 34.9 Å². The third-order valence-electron chi connectivity index (χ3n) is 2.13. The Morgan fingerprint density at radius 1 is 1.29 bits per heavy atom. The fourth-order valence-electron chi connectivity index (χ4n) is 1.19. The number of likely N-dealkylation sites (N-methyl/N-ethyl adjacent to an activating group) is 1. The Hall–Kier alpha value is -0.770. The first-order valence-electron chi connectivity index (χ1n) is 5.27. The van der Waals surface area contributed by atoms with Crippen molar-refractivity contribution < 1.29 is 26.8 Å². The maximum absolute atomic E-state index is 11.4. The van der Waals surface area contributed by atoms with Crippen LogP contribution in [0.2, 0.25) is 5.02 Å². The van der Waals surface area contributed by atoms with E-state index in [1.165, 1.54) is 4.90 Å². The number of hydrogen-bond donors (Lipinski definition) is 1. The van der Waals surface area contributed by atoms with Crippen LogP contribution in [0.5, 0.6) is 0 Å². The third-order valence-corrected chi connectivity index (χ3v) is 2.38. The standard InChI is InChI=1S/C12H16ClNO2.ClH/c1-14(2)7-8-16-12(15)9-10-3-5-11(13)6-4-10;/h3-6H,7-9H2,1-2H3;1H. The number of benzene rings is 1. The van der Waals surface area contributed by atoms with Crippen molar-refractivity contribution in [3.8, 4) is 0 Å². The molecule has 0 radical (unpaired) electrons. The van der Waals surface area contributed by atoms with Crippen LogP contribution in [0.1, 0.15) is 5.56 Å². The number of hydrogen-bond acceptors (Lipinski definition) is 2. The molecule has 1 rings (SSSR count). The third kappa shape index (κ3) is 7.21. The van der Waals surface area contributed by atoms with E-state index in [4.69, 9.17) is 16.3 Å². The fourth-order valence-corrected chi connectivity index (χ4v) is 1.31. The summed E-state index contributed by atoms with van der Waals surface area (Å²) in [5.41, 5.74) is 0.923. The van der Waals surface area contributed by atoms with Gasteiger partial charge < -0.3 is 22.0 Å². The molecule has 0 aliphatic carbocycles. The van der Waals surface area contributed by atoms with Crippen molar-refractivity contribution in [1.82, 2.24) is 0 Å². The zero-order chi connectivity index (χ0) is 12.0. The molecule has 3 nitrogen and oxygen atoms in total. The summed E-state index contributed by atoms with van der Waals surface area (Å²) in [6.45, 7) is 1.29. The summed E-state index contributed by atoms with van der Waals surface area (Å²) in [5.74, 6) is -0.191. The van der Waals surface area contributed by atoms with Crippen LogP contribution in [0.3, 0.4) is 0 Å². The van der Waals surface area contributed by atoms with Crippen molar-refractivity contribution in [3.63, 3.8) is 0 Å². The number of esters is 1. The van der Waals surface area contributed by atoms with Crippen LogP contribution < -0.4 is 17.3 Å². The molecular formula is C12H17Cl2NO2. The molecule has 0 aliphatic heterocycles. The lowest BCUT2D eigenvalue weighted by Crippen LogP contribution is -3.06. The molecule has 0 atom stereocenters. The molecule has 0 aromatic heterocycles. The van der Waals surface area contributed by atoms with E-state index < -0.39 is 0 Å². The SMILES string of the molecule is C[NH+](C)CCOC(=O)Cc1ccc(Cl)cc1.[Cl-]. The molecule has 96 valence electrons. The van der Waals surface area contributed by atoms with Gasteiger partial charge in [-0.15, -0.1) is 0 Å². The number of carbonyl (C=O) groups is 1. The summed E-state index contributed by atoms with van der Waals surface area (Å²) in [4.78, 5) is 12.7. The molecule has 1 N–H and O–H groups in total. The average molecular weight is 278 g/mol. The number of quaternary nitrogens is 1. The van der Waals surface area contributed by atoms with Gasteiger partial charge in [0.15, 0.2) is 0 Å². The predicted octanol–water partition coefficient (Wildman–Crippen LogP) is -2.43. The van der Waals surface area contributed by atoms with Crippen LogP contribution in [0.4, 0.5) is 0 Å². The van der Waals surface area contributed by atoms with Gasteiger partial charge in [-0.2, -0.15) is 0 Å². The number of ether oxygens (including phenoxy) is 1. The molecule has 0 saturated heterocycles. The van der Waals surface area contributed by atoms with E-state index in [-0.39, 0.29) is 18.4 Å². The van der Waals surface area contributed by atoms with E-state index in [1.54, 1.807) is 12.1 Å². The van der Waals surface area contributed by atoms with Gasteiger partial charge in [0.2, 0.25) is 0 Å². The zero-order valence-corrected chi connectivity index (χ0v) is 11.5. The van der Waals surface area contributed by atoms with Crippen molar-refractivity contribution in [2.45, 2.75) is 6.42 Å². The Kier molecular flexibility index (Phi) is 7.96. The molecule has 0 amide bonds. The summed E-state index contributed by atoms with van der Waals surface area (Å²) < 4.78 is 5.09. The van der Waals surface area contributed by atoms with Gasteiger partial charge in [-0.1, -0.05) is 23.7 Å². The molecule has 0 spiro atoms. The van der Waals surface area contributed by atoms with Gasteiger partial charge in [-0.25, -0.2) is 0 Å². The minimum Gasteiger partial charge on any atom is -1.00 e. The van der Waals surface area contributed by atoms with Gasteiger partial charge in [0.25, 0.3) is 0 Å². The Bertz CT molecular complexity index is 339. The van der Waals surface area contributed by atoms with Gasteiger partial charge in [0.1, 0.15) is 13.2 Å². The minimum atomic E-state index is -0.191. The first-order valence-corrected chi connectivity index (χ1v) is 5.65. The molecule has 0 heterocycles. The lowest BCUT2D eigenvalue weighted by atomic mass is 10.2. The van der Waals surface area contributed by atoms with E-state index >= 15 is 0 Å². The molecule has 5 heteroatoms.